The maximum absolute atomic E-state index is 12.6. The topological polar surface area (TPSA) is 77.5 Å². The van der Waals surface area contributed by atoms with Crippen LogP contribution < -0.4 is 9.47 Å². The van der Waals surface area contributed by atoms with Crippen molar-refractivity contribution in [3.63, 3.8) is 0 Å². The largest absolute Gasteiger partial charge is 0.490 e. The molecule has 1 aliphatic rings. The van der Waals surface area contributed by atoms with Crippen molar-refractivity contribution >= 4 is 5.97 Å². The van der Waals surface area contributed by atoms with Gasteiger partial charge in [0.2, 0.25) is 0 Å². The van der Waals surface area contributed by atoms with Gasteiger partial charge in [-0.25, -0.2) is 4.79 Å². The van der Waals surface area contributed by atoms with Crippen LogP contribution in [0.1, 0.15) is 30.3 Å². The molecule has 0 spiro atoms. The van der Waals surface area contributed by atoms with Gasteiger partial charge < -0.3 is 24.2 Å². The number of para-hydroxylation sites is 2. The highest BCUT2D eigenvalue weighted by Gasteiger charge is 2.34. The van der Waals surface area contributed by atoms with Crippen molar-refractivity contribution in [2.75, 3.05) is 26.3 Å². The number of benzene rings is 3. The molecule has 3 aromatic carbocycles. The predicted molar refractivity (Wildman–Crippen MR) is 126 cm³/mol. The first-order valence-electron chi connectivity index (χ1n) is 11.4. The highest BCUT2D eigenvalue weighted by Crippen LogP contribution is 2.34. The van der Waals surface area contributed by atoms with Crippen LogP contribution in [0.4, 0.5) is 0 Å². The van der Waals surface area contributed by atoms with Crippen LogP contribution in [0, 0.1) is 0 Å². The van der Waals surface area contributed by atoms with Crippen molar-refractivity contribution < 1.29 is 28.9 Å². The molecule has 4 rings (SSSR count). The number of aliphatic hydroxyl groups excluding tert-OH is 1. The molecule has 1 aliphatic heterocycles. The second-order valence-electron chi connectivity index (χ2n) is 7.85. The Kier molecular flexibility index (Phi) is 8.14. The van der Waals surface area contributed by atoms with Crippen molar-refractivity contribution in [1.29, 1.82) is 0 Å². The average molecular weight is 464 g/mol. The number of hydroxylamine groups is 2. The highest BCUT2D eigenvalue weighted by atomic mass is 16.7. The van der Waals surface area contributed by atoms with Crippen LogP contribution >= 0.6 is 0 Å². The lowest BCUT2D eigenvalue weighted by Gasteiger charge is -2.36. The number of ether oxygens (including phenoxy) is 3. The number of carbonyl (C=O) groups excluding carboxylic acids is 1. The van der Waals surface area contributed by atoms with Gasteiger partial charge in [-0.1, -0.05) is 72.8 Å². The van der Waals surface area contributed by atoms with E-state index in [1.807, 2.05) is 67.6 Å². The summed E-state index contributed by atoms with van der Waals surface area (Å²) in [6.07, 6.45) is -2.25. The zero-order chi connectivity index (χ0) is 23.8. The van der Waals surface area contributed by atoms with Gasteiger partial charge in [0.1, 0.15) is 6.10 Å². The van der Waals surface area contributed by atoms with E-state index in [-0.39, 0.29) is 6.54 Å². The number of rotatable bonds is 9. The Balaban J connectivity index is 1.50. The molecule has 7 heteroatoms. The van der Waals surface area contributed by atoms with Crippen molar-refractivity contribution in [1.82, 2.24) is 5.06 Å². The van der Waals surface area contributed by atoms with E-state index in [0.717, 1.165) is 5.56 Å². The van der Waals surface area contributed by atoms with Crippen LogP contribution in [0.3, 0.4) is 0 Å². The van der Waals surface area contributed by atoms with Crippen LogP contribution in [0.25, 0.3) is 0 Å². The smallest absolute Gasteiger partial charge is 0.358 e. The van der Waals surface area contributed by atoms with E-state index < -0.39 is 24.3 Å². The maximum Gasteiger partial charge on any atom is 0.358 e. The van der Waals surface area contributed by atoms with Crippen molar-refractivity contribution in [3.8, 4) is 11.5 Å². The fourth-order valence-corrected chi connectivity index (χ4v) is 3.83. The Labute approximate surface area is 199 Å². The Hall–Kier alpha value is -3.39. The molecule has 2 unspecified atom stereocenters. The van der Waals surface area contributed by atoms with Gasteiger partial charge in [-0.05, 0) is 30.2 Å². The fraction of sp³-hybridized carbons (Fsp3) is 0.296. The first-order valence-corrected chi connectivity index (χ1v) is 11.4. The molecular formula is C27H29NO6. The SMILES string of the molecule is CCOc1ccccc1OC(c1ccccc1)C1CN(OC(=O)[C@H](O)c2ccccc2)CCO1. The number of morpholine rings is 1. The molecule has 0 aromatic heterocycles. The summed E-state index contributed by atoms with van der Waals surface area (Å²) in [5.74, 6) is 0.525. The molecule has 1 N–H and O–H groups in total. The number of carbonyl (C=O) groups is 1. The Morgan fingerprint density at radius 2 is 1.59 bits per heavy atom. The average Bonchev–Trinajstić information content (AvgIpc) is 2.89. The molecule has 0 amide bonds. The molecule has 0 bridgehead atoms. The molecule has 7 nitrogen and oxygen atoms in total. The number of nitrogens with zero attached hydrogens (tertiary/aromatic N) is 1. The summed E-state index contributed by atoms with van der Waals surface area (Å²) in [5, 5.41) is 11.9. The summed E-state index contributed by atoms with van der Waals surface area (Å²) in [4.78, 5) is 18.1. The van der Waals surface area contributed by atoms with E-state index in [1.165, 1.54) is 5.06 Å². The highest BCUT2D eigenvalue weighted by molar-refractivity contribution is 5.75. The minimum atomic E-state index is -1.36. The normalized spacial score (nSPS) is 18.0. The van der Waals surface area contributed by atoms with Gasteiger partial charge in [0.15, 0.2) is 23.7 Å². The Morgan fingerprint density at radius 1 is 0.971 bits per heavy atom. The van der Waals surface area contributed by atoms with Gasteiger partial charge in [0.25, 0.3) is 0 Å². The molecule has 1 heterocycles. The third kappa shape index (κ3) is 5.94. The van der Waals surface area contributed by atoms with E-state index in [9.17, 15) is 9.90 Å². The minimum Gasteiger partial charge on any atom is -0.490 e. The summed E-state index contributed by atoms with van der Waals surface area (Å²) in [7, 11) is 0. The van der Waals surface area contributed by atoms with Gasteiger partial charge in [-0.2, -0.15) is 0 Å². The zero-order valence-electron chi connectivity index (χ0n) is 19.1. The third-order valence-corrected chi connectivity index (χ3v) is 5.48. The van der Waals surface area contributed by atoms with Gasteiger partial charge in [0, 0.05) is 0 Å². The molecule has 3 aromatic rings. The van der Waals surface area contributed by atoms with E-state index in [4.69, 9.17) is 19.0 Å². The second kappa shape index (κ2) is 11.7. The van der Waals surface area contributed by atoms with Crippen LogP contribution in [-0.2, 0) is 14.4 Å². The number of hydrogen-bond donors (Lipinski definition) is 1. The lowest BCUT2D eigenvalue weighted by atomic mass is 10.0. The Bertz CT molecular complexity index is 1050. The molecule has 178 valence electrons. The predicted octanol–water partition coefficient (Wildman–Crippen LogP) is 4.10. The monoisotopic (exact) mass is 463 g/mol. The minimum absolute atomic E-state index is 0.281. The summed E-state index contributed by atoms with van der Waals surface area (Å²) in [5.41, 5.74) is 1.41. The zero-order valence-corrected chi connectivity index (χ0v) is 19.1. The molecule has 34 heavy (non-hydrogen) atoms. The van der Waals surface area contributed by atoms with Gasteiger partial charge in [-0.15, -0.1) is 5.06 Å². The summed E-state index contributed by atoms with van der Waals surface area (Å²) < 4.78 is 18.2. The van der Waals surface area contributed by atoms with Gasteiger partial charge in [0.05, 0.1) is 26.3 Å². The van der Waals surface area contributed by atoms with Gasteiger partial charge in [-0.3, -0.25) is 0 Å². The molecule has 0 radical (unpaired) electrons. The molecule has 1 saturated heterocycles. The Morgan fingerprint density at radius 3 is 2.26 bits per heavy atom. The molecule has 1 fully saturated rings. The third-order valence-electron chi connectivity index (χ3n) is 5.48. The lowest BCUT2D eigenvalue weighted by Crippen LogP contribution is -2.47. The number of hydrogen-bond acceptors (Lipinski definition) is 7. The first-order chi connectivity index (χ1) is 16.7. The van der Waals surface area contributed by atoms with E-state index in [1.54, 1.807) is 24.3 Å². The fourth-order valence-electron chi connectivity index (χ4n) is 3.83. The van der Waals surface area contributed by atoms with Crippen LogP contribution in [0.5, 0.6) is 11.5 Å². The molecule has 0 saturated carbocycles. The second-order valence-corrected chi connectivity index (χ2v) is 7.85. The standard InChI is InChI=1S/C27H29NO6/c1-2-31-22-15-9-10-16-23(22)33-26(21-13-7-4-8-14-21)24-19-28(17-18-32-24)34-27(30)25(29)20-11-5-3-6-12-20/h3-16,24-26,29H,2,17-19H2,1H3/t24?,25-,26?/m1/s1. The van der Waals surface area contributed by atoms with E-state index >= 15 is 0 Å². The quantitative estimate of drug-likeness (QED) is 0.512. The maximum atomic E-state index is 12.6. The first kappa shape index (κ1) is 23.8. The van der Waals surface area contributed by atoms with Crippen LogP contribution in [0.2, 0.25) is 0 Å². The summed E-state index contributed by atoms with van der Waals surface area (Å²) in [6.45, 7) is 3.46. The van der Waals surface area contributed by atoms with Crippen molar-refractivity contribution in [2.24, 2.45) is 0 Å². The van der Waals surface area contributed by atoms with E-state index in [2.05, 4.69) is 0 Å². The van der Waals surface area contributed by atoms with Crippen LogP contribution in [-0.4, -0.2) is 48.5 Å². The summed E-state index contributed by atoms with van der Waals surface area (Å²) >= 11 is 0. The number of aliphatic hydroxyl groups is 1. The molecular weight excluding hydrogens is 434 g/mol. The molecule has 3 atom stereocenters. The molecule has 0 aliphatic carbocycles. The summed E-state index contributed by atoms with van der Waals surface area (Å²) in [6, 6.07) is 26.0. The van der Waals surface area contributed by atoms with Gasteiger partial charge >= 0.3 is 5.97 Å². The lowest BCUT2D eigenvalue weighted by molar-refractivity contribution is -0.229. The van der Waals surface area contributed by atoms with Crippen molar-refractivity contribution in [3.05, 3.63) is 96.1 Å². The van der Waals surface area contributed by atoms with Crippen molar-refractivity contribution in [2.45, 2.75) is 25.2 Å². The van der Waals surface area contributed by atoms with E-state index in [0.29, 0.717) is 36.8 Å². The van der Waals surface area contributed by atoms with Crippen LogP contribution in [0.15, 0.2) is 84.9 Å².